The Kier molecular flexibility index (Phi) is 6.14. The first kappa shape index (κ1) is 17.0. The second kappa shape index (κ2) is 8.31. The first-order valence-electron chi connectivity index (χ1n) is 7.93. The summed E-state index contributed by atoms with van der Waals surface area (Å²) in [6.07, 6.45) is 7.71. The van der Waals surface area contributed by atoms with Gasteiger partial charge in [-0.15, -0.1) is 0 Å². The summed E-state index contributed by atoms with van der Waals surface area (Å²) in [7, 11) is 0. The predicted molar refractivity (Wildman–Crippen MR) is 88.4 cm³/mol. The van der Waals surface area contributed by atoms with Crippen molar-refractivity contribution >= 4 is 5.91 Å². The molecule has 1 atom stereocenters. The maximum atomic E-state index is 12.2. The molecule has 1 amide bonds. The Bertz CT molecular complexity index is 610. The van der Waals surface area contributed by atoms with Gasteiger partial charge < -0.3 is 14.6 Å². The van der Waals surface area contributed by atoms with Crippen molar-refractivity contribution in [3.63, 3.8) is 0 Å². The topological polar surface area (TPSA) is 69.0 Å². The van der Waals surface area contributed by atoms with Crippen LogP contribution in [0.3, 0.4) is 0 Å². The number of hydrogen-bond donors (Lipinski definition) is 1. The summed E-state index contributed by atoms with van der Waals surface area (Å²) in [5.41, 5.74) is 0. The highest BCUT2D eigenvalue weighted by molar-refractivity contribution is 5.79. The van der Waals surface area contributed by atoms with E-state index in [9.17, 15) is 4.79 Å². The Morgan fingerprint density at radius 3 is 2.87 bits per heavy atom. The van der Waals surface area contributed by atoms with E-state index in [1.54, 1.807) is 18.6 Å². The van der Waals surface area contributed by atoms with Gasteiger partial charge in [-0.05, 0) is 25.5 Å². The number of carbonyl (C=O) groups is 1. The summed E-state index contributed by atoms with van der Waals surface area (Å²) in [4.78, 5) is 20.5. The molecule has 0 saturated carbocycles. The molecule has 0 radical (unpaired) electrons. The van der Waals surface area contributed by atoms with Crippen LogP contribution in [-0.2, 0) is 4.79 Å². The van der Waals surface area contributed by atoms with E-state index < -0.39 is 0 Å². The van der Waals surface area contributed by atoms with Gasteiger partial charge in [0.15, 0.2) is 0 Å². The Labute approximate surface area is 136 Å². The number of nitrogens with one attached hydrogen (secondary N) is 1. The van der Waals surface area contributed by atoms with Gasteiger partial charge in [0.2, 0.25) is 5.91 Å². The maximum Gasteiger partial charge on any atom is 0.242 e. The molecule has 2 aromatic rings. The Morgan fingerprint density at radius 1 is 1.35 bits per heavy atom. The van der Waals surface area contributed by atoms with E-state index in [-0.39, 0.29) is 17.9 Å². The number of pyridine rings is 1. The van der Waals surface area contributed by atoms with E-state index in [0.717, 1.165) is 18.0 Å². The fourth-order valence-electron chi connectivity index (χ4n) is 2.28. The molecule has 124 valence electrons. The number of imidazole rings is 1. The molecule has 2 rings (SSSR count). The summed E-state index contributed by atoms with van der Waals surface area (Å²) in [6.45, 7) is 7.14. The first-order valence-corrected chi connectivity index (χ1v) is 7.93. The van der Waals surface area contributed by atoms with Gasteiger partial charge in [-0.1, -0.05) is 13.8 Å². The number of hydrogen-bond acceptors (Lipinski definition) is 4. The lowest BCUT2D eigenvalue weighted by Crippen LogP contribution is -2.32. The summed E-state index contributed by atoms with van der Waals surface area (Å²) in [5, 5.41) is 2.94. The minimum Gasteiger partial charge on any atom is -0.492 e. The van der Waals surface area contributed by atoms with Gasteiger partial charge in [0, 0.05) is 31.1 Å². The molecular formula is C17H24N4O2. The lowest BCUT2D eigenvalue weighted by Gasteiger charge is -2.17. The highest BCUT2D eigenvalue weighted by Crippen LogP contribution is 2.17. The Balaban J connectivity index is 1.73. The van der Waals surface area contributed by atoms with Crippen molar-refractivity contribution < 1.29 is 9.53 Å². The summed E-state index contributed by atoms with van der Waals surface area (Å²) in [6, 6.07) is 3.42. The normalized spacial score (nSPS) is 12.2. The van der Waals surface area contributed by atoms with Crippen LogP contribution >= 0.6 is 0 Å². The van der Waals surface area contributed by atoms with Crippen molar-refractivity contribution in [1.29, 1.82) is 0 Å². The van der Waals surface area contributed by atoms with Crippen LogP contribution in [0.15, 0.2) is 36.9 Å². The van der Waals surface area contributed by atoms with Crippen molar-refractivity contribution in [2.75, 3.05) is 13.2 Å². The second-order valence-electron chi connectivity index (χ2n) is 5.71. The zero-order valence-corrected chi connectivity index (χ0v) is 13.9. The van der Waals surface area contributed by atoms with Gasteiger partial charge in [-0.3, -0.25) is 9.78 Å². The van der Waals surface area contributed by atoms with Gasteiger partial charge in [0.25, 0.3) is 0 Å². The molecule has 6 heteroatoms. The number of amides is 1. The SMILES string of the molecule is CC(C)c1nccn1C(C)C(=O)NCCCOc1cccnc1. The van der Waals surface area contributed by atoms with E-state index in [0.29, 0.717) is 13.2 Å². The molecule has 0 aromatic carbocycles. The van der Waals surface area contributed by atoms with Crippen LogP contribution in [0.1, 0.15) is 45.0 Å². The van der Waals surface area contributed by atoms with Crippen LogP contribution in [0.25, 0.3) is 0 Å². The lowest BCUT2D eigenvalue weighted by atomic mass is 10.2. The van der Waals surface area contributed by atoms with E-state index >= 15 is 0 Å². The van der Waals surface area contributed by atoms with Crippen molar-refractivity contribution in [2.45, 2.75) is 39.2 Å². The fourth-order valence-corrected chi connectivity index (χ4v) is 2.28. The monoisotopic (exact) mass is 316 g/mol. The van der Waals surface area contributed by atoms with Crippen LogP contribution < -0.4 is 10.1 Å². The minimum absolute atomic E-state index is 0.00808. The molecule has 0 aliphatic carbocycles. The molecule has 1 unspecified atom stereocenters. The highest BCUT2D eigenvalue weighted by Gasteiger charge is 2.18. The number of rotatable bonds is 8. The molecule has 1 N–H and O–H groups in total. The zero-order chi connectivity index (χ0) is 16.7. The quantitative estimate of drug-likeness (QED) is 0.760. The summed E-state index contributed by atoms with van der Waals surface area (Å²) < 4.78 is 7.46. The van der Waals surface area contributed by atoms with Crippen molar-refractivity contribution in [1.82, 2.24) is 19.9 Å². The van der Waals surface area contributed by atoms with Crippen molar-refractivity contribution in [2.24, 2.45) is 0 Å². The molecule has 0 aliphatic rings. The maximum absolute atomic E-state index is 12.2. The van der Waals surface area contributed by atoms with E-state index in [4.69, 9.17) is 4.74 Å². The molecule has 0 spiro atoms. The van der Waals surface area contributed by atoms with E-state index in [1.807, 2.05) is 29.8 Å². The second-order valence-corrected chi connectivity index (χ2v) is 5.71. The lowest BCUT2D eigenvalue weighted by molar-refractivity contribution is -0.123. The third-order valence-electron chi connectivity index (χ3n) is 3.54. The molecule has 6 nitrogen and oxygen atoms in total. The average molecular weight is 316 g/mol. The molecule has 23 heavy (non-hydrogen) atoms. The largest absolute Gasteiger partial charge is 0.492 e. The van der Waals surface area contributed by atoms with Crippen LogP contribution in [0.4, 0.5) is 0 Å². The number of aromatic nitrogens is 3. The third kappa shape index (κ3) is 4.81. The van der Waals surface area contributed by atoms with Gasteiger partial charge in [-0.25, -0.2) is 4.98 Å². The highest BCUT2D eigenvalue weighted by atomic mass is 16.5. The van der Waals surface area contributed by atoms with Gasteiger partial charge in [0.1, 0.15) is 17.6 Å². The zero-order valence-electron chi connectivity index (χ0n) is 13.9. The molecular weight excluding hydrogens is 292 g/mol. The van der Waals surface area contributed by atoms with Crippen molar-refractivity contribution in [3.8, 4) is 5.75 Å². The first-order chi connectivity index (χ1) is 11.1. The summed E-state index contributed by atoms with van der Waals surface area (Å²) >= 11 is 0. The average Bonchev–Trinajstić information content (AvgIpc) is 3.04. The van der Waals surface area contributed by atoms with Crippen LogP contribution in [0.5, 0.6) is 5.75 Å². The molecule has 0 fully saturated rings. The van der Waals surface area contributed by atoms with Crippen LogP contribution in [0, 0.1) is 0 Å². The van der Waals surface area contributed by atoms with E-state index in [1.165, 1.54) is 0 Å². The standard InChI is InChI=1S/C17H24N4O2/c1-13(2)16-19-9-10-21(16)14(3)17(22)20-8-5-11-23-15-6-4-7-18-12-15/h4,6-7,9-10,12-14H,5,8,11H2,1-3H3,(H,20,22). The predicted octanol–water partition coefficient (Wildman–Crippen LogP) is 2.55. The number of ether oxygens (including phenoxy) is 1. The van der Waals surface area contributed by atoms with Crippen LogP contribution in [0.2, 0.25) is 0 Å². The molecule has 0 aliphatic heterocycles. The van der Waals surface area contributed by atoms with Gasteiger partial charge >= 0.3 is 0 Å². The summed E-state index contributed by atoms with van der Waals surface area (Å²) in [5.74, 6) is 1.94. The molecule has 2 heterocycles. The molecule has 0 saturated heterocycles. The molecule has 0 bridgehead atoms. The number of carbonyl (C=O) groups excluding carboxylic acids is 1. The smallest absolute Gasteiger partial charge is 0.242 e. The fraction of sp³-hybridized carbons (Fsp3) is 0.471. The van der Waals surface area contributed by atoms with Crippen molar-refractivity contribution in [3.05, 3.63) is 42.7 Å². The van der Waals surface area contributed by atoms with Gasteiger partial charge in [-0.2, -0.15) is 0 Å². The third-order valence-corrected chi connectivity index (χ3v) is 3.54. The molecule has 2 aromatic heterocycles. The number of nitrogens with zero attached hydrogens (tertiary/aromatic N) is 3. The van der Waals surface area contributed by atoms with E-state index in [2.05, 4.69) is 29.1 Å². The minimum atomic E-state index is -0.269. The van der Waals surface area contributed by atoms with Gasteiger partial charge in [0.05, 0.1) is 12.8 Å². The Morgan fingerprint density at radius 2 is 2.17 bits per heavy atom. The van der Waals surface area contributed by atoms with Crippen LogP contribution in [-0.4, -0.2) is 33.6 Å². The Hall–Kier alpha value is -2.37.